The van der Waals surface area contributed by atoms with E-state index in [0.717, 1.165) is 0 Å². The third-order valence-electron chi connectivity index (χ3n) is 4.40. The van der Waals surface area contributed by atoms with Gasteiger partial charge < -0.3 is 14.5 Å². The molecule has 0 spiro atoms. The average molecular weight is 301 g/mol. The molecule has 0 atom stereocenters. The summed E-state index contributed by atoms with van der Waals surface area (Å²) in [6, 6.07) is 5.55. The first kappa shape index (κ1) is 15.1. The molecule has 0 bridgehead atoms. The number of hydrogen-bond donors (Lipinski definition) is 1. The molecule has 0 saturated heterocycles. The Bertz CT molecular complexity index is 686. The molecule has 0 radical (unpaired) electrons. The second kappa shape index (κ2) is 6.97. The molecule has 22 heavy (non-hydrogen) atoms. The minimum Gasteiger partial charge on any atom is -0.492 e. The zero-order valence-electron chi connectivity index (χ0n) is 13.1. The van der Waals surface area contributed by atoms with E-state index < -0.39 is 0 Å². The smallest absolute Gasteiger partial charge is 0.200 e. The second-order valence-electron chi connectivity index (χ2n) is 6.06. The van der Waals surface area contributed by atoms with Crippen molar-refractivity contribution < 1.29 is 9.15 Å². The van der Waals surface area contributed by atoms with Crippen molar-refractivity contribution in [2.24, 2.45) is 5.92 Å². The first-order valence-electron chi connectivity index (χ1n) is 8.10. The average Bonchev–Trinajstić information content (AvgIpc) is 2.56. The lowest BCUT2D eigenvalue weighted by atomic mass is 9.90. The highest BCUT2D eigenvalue weighted by Crippen LogP contribution is 2.27. The molecule has 1 heterocycles. The summed E-state index contributed by atoms with van der Waals surface area (Å²) in [5.74, 6) is 1.26. The molecule has 2 aromatic rings. The Morgan fingerprint density at radius 2 is 2.09 bits per heavy atom. The number of nitrogens with one attached hydrogen (secondary N) is 1. The largest absolute Gasteiger partial charge is 0.492 e. The Kier molecular flexibility index (Phi) is 4.78. The molecule has 1 saturated carbocycles. The van der Waals surface area contributed by atoms with E-state index in [1.807, 2.05) is 25.2 Å². The van der Waals surface area contributed by atoms with Gasteiger partial charge in [-0.1, -0.05) is 25.3 Å². The Hall–Kier alpha value is -1.81. The lowest BCUT2D eigenvalue weighted by Crippen LogP contribution is -2.18. The van der Waals surface area contributed by atoms with E-state index in [9.17, 15) is 4.79 Å². The summed E-state index contributed by atoms with van der Waals surface area (Å²) in [5.41, 5.74) is 1.21. The standard InChI is InChI=1S/C18H23NO3/c1-19-10-14-12-22-16-9-5-8-15(17(16)18(14)20)21-11-13-6-3-2-4-7-13/h5,8-9,12-13,19H,2-4,6-7,10-11H2,1H3. The number of ether oxygens (including phenoxy) is 1. The molecule has 1 aliphatic carbocycles. The highest BCUT2D eigenvalue weighted by Gasteiger charge is 2.16. The highest BCUT2D eigenvalue weighted by molar-refractivity contribution is 5.83. The number of fused-ring (bicyclic) bond motifs is 1. The predicted octanol–water partition coefficient (Wildman–Crippen LogP) is 3.47. The lowest BCUT2D eigenvalue weighted by Gasteiger charge is -2.21. The van der Waals surface area contributed by atoms with Crippen LogP contribution in [0.4, 0.5) is 0 Å². The van der Waals surface area contributed by atoms with Gasteiger partial charge in [0.1, 0.15) is 16.7 Å². The Balaban J connectivity index is 1.87. The van der Waals surface area contributed by atoms with Crippen LogP contribution in [0.15, 0.2) is 33.7 Å². The highest BCUT2D eigenvalue weighted by atomic mass is 16.5. The van der Waals surface area contributed by atoms with E-state index in [1.54, 1.807) is 0 Å². The SMILES string of the molecule is CNCc1coc2cccc(OCC3CCCCC3)c2c1=O. The van der Waals surface area contributed by atoms with Crippen molar-refractivity contribution in [1.82, 2.24) is 5.32 Å². The number of benzene rings is 1. The summed E-state index contributed by atoms with van der Waals surface area (Å²) < 4.78 is 11.6. The minimum absolute atomic E-state index is 0.00477. The van der Waals surface area contributed by atoms with Crippen LogP contribution in [0.3, 0.4) is 0 Å². The molecule has 4 heteroatoms. The molecule has 118 valence electrons. The summed E-state index contributed by atoms with van der Waals surface area (Å²) in [7, 11) is 1.81. The quantitative estimate of drug-likeness (QED) is 0.918. The maximum atomic E-state index is 12.6. The first-order valence-corrected chi connectivity index (χ1v) is 8.10. The van der Waals surface area contributed by atoms with Gasteiger partial charge in [0.25, 0.3) is 0 Å². The third-order valence-corrected chi connectivity index (χ3v) is 4.40. The van der Waals surface area contributed by atoms with Crippen molar-refractivity contribution in [3.63, 3.8) is 0 Å². The van der Waals surface area contributed by atoms with Crippen LogP contribution < -0.4 is 15.5 Å². The summed E-state index contributed by atoms with van der Waals surface area (Å²) in [6.45, 7) is 1.18. The molecule has 1 aromatic heterocycles. The van der Waals surface area contributed by atoms with Crippen molar-refractivity contribution in [2.45, 2.75) is 38.6 Å². The Morgan fingerprint density at radius 1 is 1.27 bits per heavy atom. The molecule has 4 nitrogen and oxygen atoms in total. The van der Waals surface area contributed by atoms with Gasteiger partial charge in [-0.2, -0.15) is 0 Å². The zero-order chi connectivity index (χ0) is 15.4. The van der Waals surface area contributed by atoms with Crippen molar-refractivity contribution in [3.8, 4) is 5.75 Å². The number of hydrogen-bond acceptors (Lipinski definition) is 4. The van der Waals surface area contributed by atoms with Gasteiger partial charge in [-0.15, -0.1) is 0 Å². The van der Waals surface area contributed by atoms with Crippen LogP contribution in [-0.4, -0.2) is 13.7 Å². The van der Waals surface area contributed by atoms with Gasteiger partial charge in [-0.05, 0) is 37.9 Å². The molecule has 3 rings (SSSR count). The van der Waals surface area contributed by atoms with Gasteiger partial charge in [0.15, 0.2) is 0 Å². The molecule has 1 aromatic carbocycles. The normalized spacial score (nSPS) is 16.0. The first-order chi connectivity index (χ1) is 10.8. The monoisotopic (exact) mass is 301 g/mol. The third kappa shape index (κ3) is 3.17. The summed E-state index contributed by atoms with van der Waals surface area (Å²) >= 11 is 0. The molecule has 0 amide bonds. The van der Waals surface area contributed by atoms with Gasteiger partial charge in [0.05, 0.1) is 12.9 Å². The number of rotatable bonds is 5. The Labute approximate surface area is 130 Å². The van der Waals surface area contributed by atoms with Gasteiger partial charge in [0.2, 0.25) is 5.43 Å². The topological polar surface area (TPSA) is 51.5 Å². The predicted molar refractivity (Wildman–Crippen MR) is 87.3 cm³/mol. The van der Waals surface area contributed by atoms with E-state index in [1.165, 1.54) is 38.4 Å². The van der Waals surface area contributed by atoms with E-state index in [0.29, 0.717) is 41.4 Å². The van der Waals surface area contributed by atoms with E-state index >= 15 is 0 Å². The van der Waals surface area contributed by atoms with Crippen LogP contribution in [-0.2, 0) is 6.54 Å². The summed E-state index contributed by atoms with van der Waals surface area (Å²) in [5, 5.41) is 3.55. The van der Waals surface area contributed by atoms with Crippen molar-refractivity contribution in [2.75, 3.05) is 13.7 Å². The molecule has 1 fully saturated rings. The van der Waals surface area contributed by atoms with Crippen LogP contribution in [0.1, 0.15) is 37.7 Å². The molecular formula is C18H23NO3. The van der Waals surface area contributed by atoms with Crippen molar-refractivity contribution in [3.05, 3.63) is 40.2 Å². The van der Waals surface area contributed by atoms with Gasteiger partial charge >= 0.3 is 0 Å². The maximum absolute atomic E-state index is 12.6. The molecule has 1 N–H and O–H groups in total. The van der Waals surface area contributed by atoms with Crippen LogP contribution in [0, 0.1) is 5.92 Å². The van der Waals surface area contributed by atoms with Gasteiger partial charge in [-0.3, -0.25) is 4.79 Å². The molecular weight excluding hydrogens is 278 g/mol. The fraction of sp³-hybridized carbons (Fsp3) is 0.500. The van der Waals surface area contributed by atoms with Crippen LogP contribution >= 0.6 is 0 Å². The second-order valence-corrected chi connectivity index (χ2v) is 6.06. The van der Waals surface area contributed by atoms with Gasteiger partial charge in [0, 0.05) is 12.1 Å². The van der Waals surface area contributed by atoms with Crippen LogP contribution in [0.25, 0.3) is 11.0 Å². The van der Waals surface area contributed by atoms with Crippen LogP contribution in [0.5, 0.6) is 5.75 Å². The fourth-order valence-corrected chi connectivity index (χ4v) is 3.18. The van der Waals surface area contributed by atoms with E-state index in [4.69, 9.17) is 9.15 Å². The van der Waals surface area contributed by atoms with Crippen molar-refractivity contribution in [1.29, 1.82) is 0 Å². The molecule has 1 aliphatic rings. The fourth-order valence-electron chi connectivity index (χ4n) is 3.18. The van der Waals surface area contributed by atoms with E-state index in [-0.39, 0.29) is 5.43 Å². The Morgan fingerprint density at radius 3 is 2.86 bits per heavy atom. The van der Waals surface area contributed by atoms with Crippen molar-refractivity contribution >= 4 is 11.0 Å². The van der Waals surface area contributed by atoms with Crippen LogP contribution in [0.2, 0.25) is 0 Å². The zero-order valence-corrected chi connectivity index (χ0v) is 13.1. The lowest BCUT2D eigenvalue weighted by molar-refractivity contribution is 0.210. The minimum atomic E-state index is -0.00477. The summed E-state index contributed by atoms with van der Waals surface area (Å²) in [4.78, 5) is 12.6. The molecule has 0 unspecified atom stereocenters. The van der Waals surface area contributed by atoms with Gasteiger partial charge in [-0.25, -0.2) is 0 Å². The maximum Gasteiger partial charge on any atom is 0.200 e. The van der Waals surface area contributed by atoms with E-state index in [2.05, 4.69) is 5.32 Å². The summed E-state index contributed by atoms with van der Waals surface area (Å²) in [6.07, 6.45) is 7.90. The molecule has 0 aliphatic heterocycles.